The van der Waals surface area contributed by atoms with E-state index in [-0.39, 0.29) is 17.1 Å². The minimum absolute atomic E-state index is 0.00676. The summed E-state index contributed by atoms with van der Waals surface area (Å²) in [5, 5.41) is 3.19. The molecule has 0 fully saturated rings. The summed E-state index contributed by atoms with van der Waals surface area (Å²) in [5.74, 6) is -0.424. The van der Waals surface area contributed by atoms with Crippen molar-refractivity contribution in [3.63, 3.8) is 0 Å². The van der Waals surface area contributed by atoms with Crippen molar-refractivity contribution < 1.29 is 22.7 Å². The average molecular weight is 579 g/mol. The standard InChI is InChI=1S/C27H29Cl2N3O5S/c1-4-37-22-13-11-21(12-14-22)32(38(35,36)23-8-6-5-7-9-23)18-26(33)31(19(2)27(34)30-3)17-20-10-15-24(28)25(29)16-20/h5-16,19H,4,17-18H2,1-3H3,(H,30,34)/t19-/m1/s1. The van der Waals surface area contributed by atoms with E-state index in [1.807, 2.05) is 6.92 Å². The highest BCUT2D eigenvalue weighted by Gasteiger charge is 2.32. The van der Waals surface area contributed by atoms with E-state index in [9.17, 15) is 18.0 Å². The normalized spacial score (nSPS) is 11.9. The third kappa shape index (κ3) is 6.98. The van der Waals surface area contributed by atoms with Crippen LogP contribution in [0, 0.1) is 0 Å². The molecule has 11 heteroatoms. The summed E-state index contributed by atoms with van der Waals surface area (Å²) >= 11 is 12.2. The second kappa shape index (κ2) is 13.0. The summed E-state index contributed by atoms with van der Waals surface area (Å²) in [5.41, 5.74) is 0.898. The van der Waals surface area contributed by atoms with Crippen molar-refractivity contribution in [3.8, 4) is 5.75 Å². The zero-order valence-electron chi connectivity index (χ0n) is 21.2. The smallest absolute Gasteiger partial charge is 0.264 e. The summed E-state index contributed by atoms with van der Waals surface area (Å²) in [4.78, 5) is 27.6. The van der Waals surface area contributed by atoms with Crippen LogP contribution in [0.1, 0.15) is 19.4 Å². The summed E-state index contributed by atoms with van der Waals surface area (Å²) in [7, 11) is -2.67. The molecule has 0 saturated carbocycles. The summed E-state index contributed by atoms with van der Waals surface area (Å²) in [6.07, 6.45) is 0. The molecule has 202 valence electrons. The number of anilines is 1. The van der Waals surface area contributed by atoms with Crippen molar-refractivity contribution in [1.82, 2.24) is 10.2 Å². The van der Waals surface area contributed by atoms with Gasteiger partial charge in [0.25, 0.3) is 10.0 Å². The van der Waals surface area contributed by atoms with Crippen LogP contribution in [-0.2, 0) is 26.2 Å². The summed E-state index contributed by atoms with van der Waals surface area (Å²) in [6.45, 7) is 3.32. The van der Waals surface area contributed by atoms with Crippen LogP contribution < -0.4 is 14.4 Å². The van der Waals surface area contributed by atoms with Gasteiger partial charge < -0.3 is 15.0 Å². The molecule has 0 saturated heterocycles. The number of carbonyl (C=O) groups is 2. The molecule has 1 atom stereocenters. The number of sulfonamides is 1. The van der Waals surface area contributed by atoms with Gasteiger partial charge in [0, 0.05) is 13.6 Å². The molecule has 0 aliphatic heterocycles. The predicted molar refractivity (Wildman–Crippen MR) is 149 cm³/mol. The number of benzene rings is 3. The molecule has 8 nitrogen and oxygen atoms in total. The van der Waals surface area contributed by atoms with Crippen LogP contribution in [0.5, 0.6) is 5.75 Å². The SMILES string of the molecule is CCOc1ccc(N(CC(=O)N(Cc2ccc(Cl)c(Cl)c2)[C@H](C)C(=O)NC)S(=O)(=O)c2ccccc2)cc1. The number of halogens is 2. The zero-order chi connectivity index (χ0) is 27.9. The Morgan fingerprint density at radius 2 is 1.63 bits per heavy atom. The summed E-state index contributed by atoms with van der Waals surface area (Å²) in [6, 6.07) is 18.2. The highest BCUT2D eigenvalue weighted by molar-refractivity contribution is 7.92. The Balaban J connectivity index is 2.02. The van der Waals surface area contributed by atoms with Gasteiger partial charge in [0.1, 0.15) is 18.3 Å². The number of hydrogen-bond acceptors (Lipinski definition) is 5. The lowest BCUT2D eigenvalue weighted by atomic mass is 10.1. The van der Waals surface area contributed by atoms with Gasteiger partial charge in [-0.1, -0.05) is 47.5 Å². The second-order valence-corrected chi connectivity index (χ2v) is 11.0. The highest BCUT2D eigenvalue weighted by atomic mass is 35.5. The minimum atomic E-state index is -4.14. The maximum absolute atomic E-state index is 13.7. The zero-order valence-corrected chi connectivity index (χ0v) is 23.6. The Morgan fingerprint density at radius 3 is 2.21 bits per heavy atom. The molecule has 0 bridgehead atoms. The molecule has 0 aliphatic rings. The minimum Gasteiger partial charge on any atom is -0.494 e. The molecule has 1 N–H and O–H groups in total. The molecule has 38 heavy (non-hydrogen) atoms. The number of likely N-dealkylation sites (N-methyl/N-ethyl adjacent to an activating group) is 1. The molecule has 0 unspecified atom stereocenters. The number of carbonyl (C=O) groups excluding carboxylic acids is 2. The van der Waals surface area contributed by atoms with Crippen molar-refractivity contribution in [2.24, 2.45) is 0 Å². The first-order valence-corrected chi connectivity index (χ1v) is 14.0. The number of amides is 2. The summed E-state index contributed by atoms with van der Waals surface area (Å²) < 4.78 is 33.9. The maximum atomic E-state index is 13.7. The van der Waals surface area contributed by atoms with E-state index >= 15 is 0 Å². The largest absolute Gasteiger partial charge is 0.494 e. The van der Waals surface area contributed by atoms with Crippen molar-refractivity contribution >= 4 is 50.7 Å². The molecular weight excluding hydrogens is 549 g/mol. The first-order valence-electron chi connectivity index (χ1n) is 11.8. The average Bonchev–Trinajstić information content (AvgIpc) is 2.92. The number of hydrogen-bond donors (Lipinski definition) is 1. The number of nitrogens with zero attached hydrogens (tertiary/aromatic N) is 2. The number of ether oxygens (including phenoxy) is 1. The third-order valence-corrected chi connectivity index (χ3v) is 8.32. The van der Waals surface area contributed by atoms with Crippen LogP contribution in [0.2, 0.25) is 10.0 Å². The van der Waals surface area contributed by atoms with Crippen LogP contribution in [0.4, 0.5) is 5.69 Å². The van der Waals surface area contributed by atoms with E-state index in [0.717, 1.165) is 4.31 Å². The van der Waals surface area contributed by atoms with Gasteiger partial charge in [0.05, 0.1) is 27.2 Å². The van der Waals surface area contributed by atoms with Crippen molar-refractivity contribution in [1.29, 1.82) is 0 Å². The molecule has 0 radical (unpaired) electrons. The molecule has 3 aromatic rings. The van der Waals surface area contributed by atoms with Crippen LogP contribution in [-0.4, -0.2) is 51.4 Å². The van der Waals surface area contributed by atoms with Gasteiger partial charge in [-0.2, -0.15) is 0 Å². The van der Waals surface area contributed by atoms with Gasteiger partial charge in [-0.3, -0.25) is 13.9 Å². The lowest BCUT2D eigenvalue weighted by molar-refractivity contribution is -0.139. The monoisotopic (exact) mass is 577 g/mol. The molecular formula is C27H29Cl2N3O5S. The first kappa shape index (κ1) is 29.3. The van der Waals surface area contributed by atoms with Crippen LogP contribution in [0.15, 0.2) is 77.7 Å². The molecule has 0 aliphatic carbocycles. The molecule has 0 spiro atoms. The second-order valence-electron chi connectivity index (χ2n) is 8.31. The Morgan fingerprint density at radius 1 is 0.974 bits per heavy atom. The third-order valence-electron chi connectivity index (χ3n) is 5.80. The van der Waals surface area contributed by atoms with Gasteiger partial charge in [-0.05, 0) is 67.9 Å². The van der Waals surface area contributed by atoms with Crippen LogP contribution in [0.25, 0.3) is 0 Å². The fourth-order valence-corrected chi connectivity index (χ4v) is 5.51. The van der Waals surface area contributed by atoms with Gasteiger partial charge in [-0.25, -0.2) is 8.42 Å². The van der Waals surface area contributed by atoms with Crippen molar-refractivity contribution in [2.45, 2.75) is 31.3 Å². The van der Waals surface area contributed by atoms with E-state index in [4.69, 9.17) is 27.9 Å². The van der Waals surface area contributed by atoms with E-state index in [1.165, 1.54) is 24.1 Å². The van der Waals surface area contributed by atoms with Crippen LogP contribution in [0.3, 0.4) is 0 Å². The van der Waals surface area contributed by atoms with Gasteiger partial charge in [0.2, 0.25) is 11.8 Å². The molecule has 0 heterocycles. The molecule has 0 aromatic heterocycles. The van der Waals surface area contributed by atoms with Crippen molar-refractivity contribution in [2.75, 3.05) is 24.5 Å². The van der Waals surface area contributed by atoms with Gasteiger partial charge >= 0.3 is 0 Å². The Kier molecular flexibility index (Phi) is 10.0. The topological polar surface area (TPSA) is 96.0 Å². The van der Waals surface area contributed by atoms with E-state index in [0.29, 0.717) is 28.0 Å². The van der Waals surface area contributed by atoms with Crippen LogP contribution >= 0.6 is 23.2 Å². The Hall–Kier alpha value is -3.27. The lowest BCUT2D eigenvalue weighted by Gasteiger charge is -2.31. The fourth-order valence-electron chi connectivity index (χ4n) is 3.75. The Bertz CT molecular complexity index is 1370. The fraction of sp³-hybridized carbons (Fsp3) is 0.259. The maximum Gasteiger partial charge on any atom is 0.264 e. The van der Waals surface area contributed by atoms with Gasteiger partial charge in [-0.15, -0.1) is 0 Å². The van der Waals surface area contributed by atoms with E-state index in [2.05, 4.69) is 5.32 Å². The lowest BCUT2D eigenvalue weighted by Crippen LogP contribution is -2.50. The molecule has 2 amide bonds. The Labute approximate surface area is 233 Å². The first-order chi connectivity index (χ1) is 18.1. The molecule has 3 aromatic carbocycles. The van der Waals surface area contributed by atoms with E-state index < -0.39 is 34.4 Å². The quantitative estimate of drug-likeness (QED) is 0.354. The highest BCUT2D eigenvalue weighted by Crippen LogP contribution is 2.27. The van der Waals surface area contributed by atoms with Gasteiger partial charge in [0.15, 0.2) is 0 Å². The van der Waals surface area contributed by atoms with E-state index in [1.54, 1.807) is 67.6 Å². The predicted octanol–water partition coefficient (Wildman–Crippen LogP) is 4.75. The molecule has 3 rings (SSSR count). The number of rotatable bonds is 11. The number of nitrogens with one attached hydrogen (secondary N) is 1. The van der Waals surface area contributed by atoms with Crippen molar-refractivity contribution in [3.05, 3.63) is 88.4 Å².